The Bertz CT molecular complexity index is 873. The third kappa shape index (κ3) is 4.90. The number of hydrogen-bond acceptors (Lipinski definition) is 3. The molecule has 0 spiro atoms. The topological polar surface area (TPSA) is 66.5 Å². The fraction of sp³-hybridized carbons (Fsp3) is 0.316. The lowest BCUT2D eigenvalue weighted by molar-refractivity contribution is 0.102. The van der Waals surface area contributed by atoms with Gasteiger partial charge in [-0.1, -0.05) is 19.9 Å². The van der Waals surface area contributed by atoms with E-state index in [1.165, 1.54) is 34.6 Å². The van der Waals surface area contributed by atoms with Gasteiger partial charge in [0.05, 0.1) is 4.90 Å². The van der Waals surface area contributed by atoms with Crippen molar-refractivity contribution in [2.24, 2.45) is 0 Å². The van der Waals surface area contributed by atoms with Crippen LogP contribution in [-0.4, -0.2) is 31.7 Å². The van der Waals surface area contributed by atoms with Gasteiger partial charge in [0, 0.05) is 18.7 Å². The molecule has 2 rings (SSSR count). The molecule has 2 aromatic rings. The summed E-state index contributed by atoms with van der Waals surface area (Å²) >= 11 is 0. The van der Waals surface area contributed by atoms with Crippen molar-refractivity contribution in [1.29, 1.82) is 0 Å². The van der Waals surface area contributed by atoms with Crippen molar-refractivity contribution in [3.8, 4) is 0 Å². The van der Waals surface area contributed by atoms with Crippen molar-refractivity contribution < 1.29 is 22.0 Å². The Kier molecular flexibility index (Phi) is 7.04. The van der Waals surface area contributed by atoms with Gasteiger partial charge in [0.15, 0.2) is 0 Å². The second-order valence-corrected chi connectivity index (χ2v) is 7.92. The molecule has 1 amide bonds. The maximum atomic E-state index is 13.6. The second-order valence-electron chi connectivity index (χ2n) is 5.98. The molecule has 5 nitrogen and oxygen atoms in total. The highest BCUT2D eigenvalue weighted by molar-refractivity contribution is 7.89. The number of rotatable bonds is 8. The number of halogens is 2. The highest BCUT2D eigenvalue weighted by Gasteiger charge is 2.23. The van der Waals surface area contributed by atoms with Crippen molar-refractivity contribution >= 4 is 21.6 Å². The fourth-order valence-electron chi connectivity index (χ4n) is 2.58. The van der Waals surface area contributed by atoms with Crippen molar-refractivity contribution in [2.75, 3.05) is 18.4 Å². The molecule has 0 fully saturated rings. The lowest BCUT2D eigenvalue weighted by Gasteiger charge is -2.21. The van der Waals surface area contributed by atoms with Gasteiger partial charge in [-0.3, -0.25) is 4.79 Å². The van der Waals surface area contributed by atoms with Gasteiger partial charge in [0.2, 0.25) is 10.0 Å². The van der Waals surface area contributed by atoms with Gasteiger partial charge in [-0.25, -0.2) is 17.2 Å². The van der Waals surface area contributed by atoms with Crippen LogP contribution in [0.2, 0.25) is 0 Å². The first-order valence-corrected chi connectivity index (χ1v) is 10.1. The number of para-hydroxylation sites is 1. The summed E-state index contributed by atoms with van der Waals surface area (Å²) in [5, 5.41) is 2.17. The number of benzene rings is 2. The first-order chi connectivity index (χ1) is 12.8. The first kappa shape index (κ1) is 21.0. The number of carbonyl (C=O) groups excluding carboxylic acids is 1. The summed E-state index contributed by atoms with van der Waals surface area (Å²) in [6, 6.07) is 8.53. The van der Waals surface area contributed by atoms with E-state index in [2.05, 4.69) is 5.32 Å². The van der Waals surface area contributed by atoms with E-state index in [4.69, 9.17) is 0 Å². The summed E-state index contributed by atoms with van der Waals surface area (Å²) in [4.78, 5) is 12.3. The molecule has 8 heteroatoms. The Morgan fingerprint density at radius 1 is 0.963 bits per heavy atom. The standard InChI is InChI=1S/C19H22F2N2O3S/c1-3-12-23(13-4-2)27(25,26)15-10-8-14(9-11-15)19(24)22-18-16(20)6-5-7-17(18)21/h5-11H,3-4,12-13H2,1-2H3,(H,22,24). The molecule has 0 radical (unpaired) electrons. The van der Waals surface area contributed by atoms with Crippen LogP contribution in [0.4, 0.5) is 14.5 Å². The predicted molar refractivity (Wildman–Crippen MR) is 100 cm³/mol. The van der Waals surface area contributed by atoms with Gasteiger partial charge >= 0.3 is 0 Å². The third-order valence-electron chi connectivity index (χ3n) is 3.90. The molecule has 27 heavy (non-hydrogen) atoms. The van der Waals surface area contributed by atoms with Crippen molar-refractivity contribution in [2.45, 2.75) is 31.6 Å². The molecule has 0 aliphatic carbocycles. The normalized spacial score (nSPS) is 11.6. The van der Waals surface area contributed by atoms with Gasteiger partial charge in [-0.15, -0.1) is 0 Å². The van der Waals surface area contributed by atoms with E-state index >= 15 is 0 Å². The maximum Gasteiger partial charge on any atom is 0.255 e. The largest absolute Gasteiger partial charge is 0.317 e. The average molecular weight is 396 g/mol. The summed E-state index contributed by atoms with van der Waals surface area (Å²) < 4.78 is 54.1. The summed E-state index contributed by atoms with van der Waals surface area (Å²) in [5.74, 6) is -2.52. The molecule has 0 aliphatic rings. The van der Waals surface area contributed by atoms with Gasteiger partial charge in [0.1, 0.15) is 17.3 Å². The van der Waals surface area contributed by atoms with Gasteiger partial charge < -0.3 is 5.32 Å². The minimum atomic E-state index is -3.66. The molecular formula is C19H22F2N2O3S. The van der Waals surface area contributed by atoms with Crippen molar-refractivity contribution in [3.05, 3.63) is 59.7 Å². The van der Waals surface area contributed by atoms with E-state index in [1.807, 2.05) is 13.8 Å². The molecule has 0 unspecified atom stereocenters. The number of nitrogens with one attached hydrogen (secondary N) is 1. The Balaban J connectivity index is 2.22. The fourth-order valence-corrected chi connectivity index (χ4v) is 4.21. The number of hydrogen-bond donors (Lipinski definition) is 1. The molecule has 146 valence electrons. The van der Waals surface area contributed by atoms with Crippen LogP contribution in [0.15, 0.2) is 47.4 Å². The zero-order valence-corrected chi connectivity index (χ0v) is 16.0. The maximum absolute atomic E-state index is 13.6. The number of nitrogens with zero attached hydrogens (tertiary/aromatic N) is 1. The molecule has 1 N–H and O–H groups in total. The highest BCUT2D eigenvalue weighted by Crippen LogP contribution is 2.21. The van der Waals surface area contributed by atoms with Crippen molar-refractivity contribution in [3.63, 3.8) is 0 Å². The molecular weight excluding hydrogens is 374 g/mol. The van der Waals surface area contributed by atoms with E-state index in [0.717, 1.165) is 12.1 Å². The Labute approximate surface area is 158 Å². The highest BCUT2D eigenvalue weighted by atomic mass is 32.2. The number of carbonyl (C=O) groups is 1. The molecule has 0 saturated carbocycles. The minimum absolute atomic E-state index is 0.0676. The third-order valence-corrected chi connectivity index (χ3v) is 5.81. The van der Waals surface area contributed by atoms with E-state index in [1.54, 1.807) is 0 Å². The first-order valence-electron chi connectivity index (χ1n) is 8.66. The smallest absolute Gasteiger partial charge is 0.255 e. The van der Waals surface area contributed by atoms with Crippen LogP contribution in [0.1, 0.15) is 37.0 Å². The summed E-state index contributed by atoms with van der Waals surface area (Å²) in [5.41, 5.74) is -0.453. The molecule has 0 aliphatic heterocycles. The Morgan fingerprint density at radius 2 is 1.48 bits per heavy atom. The monoisotopic (exact) mass is 396 g/mol. The van der Waals surface area contributed by atoms with E-state index in [9.17, 15) is 22.0 Å². The average Bonchev–Trinajstić information content (AvgIpc) is 2.64. The zero-order chi connectivity index (χ0) is 20.0. The lowest BCUT2D eigenvalue weighted by atomic mass is 10.2. The predicted octanol–water partition coefficient (Wildman–Crippen LogP) is 4.03. The lowest BCUT2D eigenvalue weighted by Crippen LogP contribution is -2.32. The number of sulfonamides is 1. The number of amides is 1. The van der Waals surface area contributed by atoms with Gasteiger partial charge in [-0.05, 0) is 49.2 Å². The van der Waals surface area contributed by atoms with Crippen LogP contribution in [0.25, 0.3) is 0 Å². The SMILES string of the molecule is CCCN(CCC)S(=O)(=O)c1ccc(C(=O)Nc2c(F)cccc2F)cc1. The Hall–Kier alpha value is -2.32. The zero-order valence-electron chi connectivity index (χ0n) is 15.2. The summed E-state index contributed by atoms with van der Waals surface area (Å²) in [7, 11) is -3.66. The van der Waals surface area contributed by atoms with E-state index in [-0.39, 0.29) is 10.5 Å². The minimum Gasteiger partial charge on any atom is -0.317 e. The molecule has 0 heterocycles. The summed E-state index contributed by atoms with van der Waals surface area (Å²) in [6.07, 6.45) is 1.38. The van der Waals surface area contributed by atoms with Crippen molar-refractivity contribution in [1.82, 2.24) is 4.31 Å². The van der Waals surface area contributed by atoms with Crippen LogP contribution in [0.3, 0.4) is 0 Å². The molecule has 2 aromatic carbocycles. The van der Waals surface area contributed by atoms with Crippen LogP contribution >= 0.6 is 0 Å². The van der Waals surface area contributed by atoms with Crippen LogP contribution in [0.5, 0.6) is 0 Å². The molecule has 0 aromatic heterocycles. The molecule has 0 atom stereocenters. The second kappa shape index (κ2) is 9.05. The molecule has 0 saturated heterocycles. The number of anilines is 1. The quantitative estimate of drug-likeness (QED) is 0.733. The van der Waals surface area contributed by atoms with E-state index in [0.29, 0.717) is 25.9 Å². The van der Waals surface area contributed by atoms with Gasteiger partial charge in [0.25, 0.3) is 5.91 Å². The summed E-state index contributed by atoms with van der Waals surface area (Å²) in [6.45, 7) is 4.61. The van der Waals surface area contributed by atoms with Crippen LogP contribution in [0, 0.1) is 11.6 Å². The van der Waals surface area contributed by atoms with E-state index < -0.39 is 33.3 Å². The molecule has 0 bridgehead atoms. The Morgan fingerprint density at radius 3 is 1.96 bits per heavy atom. The van der Waals surface area contributed by atoms with Gasteiger partial charge in [-0.2, -0.15) is 4.31 Å². The van der Waals surface area contributed by atoms with Crippen LogP contribution in [-0.2, 0) is 10.0 Å². The van der Waals surface area contributed by atoms with Crippen LogP contribution < -0.4 is 5.32 Å².